The summed E-state index contributed by atoms with van der Waals surface area (Å²) in [4.78, 5) is 15.7. The number of hydrogen-bond donors (Lipinski definition) is 1. The minimum atomic E-state index is -0.887. The summed E-state index contributed by atoms with van der Waals surface area (Å²) in [6, 6.07) is 15.6. The smallest absolute Gasteiger partial charge is 0.335 e. The van der Waals surface area contributed by atoms with Crippen molar-refractivity contribution in [3.05, 3.63) is 65.2 Å². The van der Waals surface area contributed by atoms with E-state index in [1.807, 2.05) is 6.07 Å². The van der Waals surface area contributed by atoms with Gasteiger partial charge in [-0.25, -0.2) is 4.79 Å². The van der Waals surface area contributed by atoms with Crippen LogP contribution < -0.4 is 4.90 Å². The zero-order valence-electron chi connectivity index (χ0n) is 14.5. The van der Waals surface area contributed by atoms with Gasteiger partial charge in [-0.05, 0) is 36.4 Å². The number of para-hydroxylation sites is 1. The maximum atomic E-state index is 11.1. The lowest BCUT2D eigenvalue weighted by molar-refractivity contribution is 0.0696. The Kier molecular flexibility index (Phi) is 5.68. The molecule has 1 aliphatic rings. The van der Waals surface area contributed by atoms with Gasteiger partial charge < -0.3 is 14.7 Å². The monoisotopic (exact) mass is 340 g/mol. The molecule has 1 N–H and O–H groups in total. The topological polar surface area (TPSA) is 53.0 Å². The molecule has 1 saturated heterocycles. The summed E-state index contributed by atoms with van der Waals surface area (Å²) in [7, 11) is 2.06. The van der Waals surface area contributed by atoms with E-state index in [0.29, 0.717) is 12.1 Å². The van der Waals surface area contributed by atoms with Crippen molar-refractivity contribution >= 4 is 11.7 Å². The molecule has 0 aromatic heterocycles. The van der Waals surface area contributed by atoms with Crippen molar-refractivity contribution in [3.63, 3.8) is 0 Å². The van der Waals surface area contributed by atoms with Gasteiger partial charge in [0.15, 0.2) is 0 Å². The van der Waals surface area contributed by atoms with Gasteiger partial charge in [-0.1, -0.05) is 30.3 Å². The molecule has 2 aromatic rings. The van der Waals surface area contributed by atoms with Gasteiger partial charge in [0.25, 0.3) is 0 Å². The minimum Gasteiger partial charge on any atom is -0.478 e. The average Bonchev–Trinajstić information content (AvgIpc) is 2.63. The quantitative estimate of drug-likeness (QED) is 0.876. The molecule has 1 aliphatic heterocycles. The van der Waals surface area contributed by atoms with Crippen LogP contribution in [0.2, 0.25) is 0 Å². The lowest BCUT2D eigenvalue weighted by Gasteiger charge is -2.31. The Bertz CT molecular complexity index is 726. The van der Waals surface area contributed by atoms with Crippen LogP contribution in [0.25, 0.3) is 0 Å². The number of carboxylic acid groups (broad SMARTS) is 1. The molecule has 0 spiro atoms. The van der Waals surface area contributed by atoms with Gasteiger partial charge in [-0.15, -0.1) is 0 Å². The molecule has 132 valence electrons. The van der Waals surface area contributed by atoms with Gasteiger partial charge in [0.2, 0.25) is 0 Å². The summed E-state index contributed by atoms with van der Waals surface area (Å²) >= 11 is 0. The van der Waals surface area contributed by atoms with Crippen LogP contribution in [0, 0.1) is 0 Å². The molecule has 0 aliphatic carbocycles. The first kappa shape index (κ1) is 17.5. The summed E-state index contributed by atoms with van der Waals surface area (Å²) in [6.07, 6.45) is 0. The van der Waals surface area contributed by atoms with Crippen molar-refractivity contribution in [3.8, 4) is 0 Å². The van der Waals surface area contributed by atoms with Crippen LogP contribution >= 0.6 is 0 Å². The van der Waals surface area contributed by atoms with Crippen molar-refractivity contribution < 1.29 is 14.6 Å². The molecule has 25 heavy (non-hydrogen) atoms. The largest absolute Gasteiger partial charge is 0.478 e. The van der Waals surface area contributed by atoms with Gasteiger partial charge in [0, 0.05) is 31.9 Å². The Morgan fingerprint density at radius 1 is 1.12 bits per heavy atom. The second-order valence-corrected chi connectivity index (χ2v) is 6.41. The molecule has 1 heterocycles. The number of hydrogen-bond acceptors (Lipinski definition) is 4. The van der Waals surface area contributed by atoms with E-state index < -0.39 is 5.97 Å². The summed E-state index contributed by atoms with van der Waals surface area (Å²) < 4.78 is 5.45. The van der Waals surface area contributed by atoms with E-state index in [9.17, 15) is 4.79 Å². The molecule has 1 fully saturated rings. The van der Waals surface area contributed by atoms with E-state index in [2.05, 4.69) is 41.1 Å². The van der Waals surface area contributed by atoms with Crippen molar-refractivity contribution in [1.82, 2.24) is 4.90 Å². The Labute approximate surface area is 148 Å². The molecule has 2 aromatic carbocycles. The molecule has 0 radical (unpaired) electrons. The first-order chi connectivity index (χ1) is 12.1. The van der Waals surface area contributed by atoms with Crippen LogP contribution in [0.5, 0.6) is 0 Å². The van der Waals surface area contributed by atoms with Crippen LogP contribution in [0.3, 0.4) is 0 Å². The van der Waals surface area contributed by atoms with E-state index in [0.717, 1.165) is 38.4 Å². The number of anilines is 1. The molecule has 0 saturated carbocycles. The molecule has 5 heteroatoms. The molecule has 3 rings (SSSR count). The zero-order valence-corrected chi connectivity index (χ0v) is 14.5. The number of benzene rings is 2. The summed E-state index contributed by atoms with van der Waals surface area (Å²) in [6.45, 7) is 4.89. The van der Waals surface area contributed by atoms with Crippen LogP contribution in [-0.4, -0.2) is 49.3 Å². The number of morpholine rings is 1. The van der Waals surface area contributed by atoms with E-state index in [1.54, 1.807) is 18.2 Å². The summed E-state index contributed by atoms with van der Waals surface area (Å²) in [5.74, 6) is -0.887. The van der Waals surface area contributed by atoms with Crippen molar-refractivity contribution in [2.75, 3.05) is 38.3 Å². The second kappa shape index (κ2) is 8.14. The van der Waals surface area contributed by atoms with Gasteiger partial charge in [0.1, 0.15) is 0 Å². The molecule has 0 atom stereocenters. The number of ether oxygens (including phenoxy) is 1. The third-order valence-corrected chi connectivity index (χ3v) is 4.41. The van der Waals surface area contributed by atoms with Crippen LogP contribution in [0.4, 0.5) is 5.69 Å². The summed E-state index contributed by atoms with van der Waals surface area (Å²) in [5.41, 5.74) is 3.88. The highest BCUT2D eigenvalue weighted by Crippen LogP contribution is 2.23. The second-order valence-electron chi connectivity index (χ2n) is 6.41. The maximum Gasteiger partial charge on any atom is 0.335 e. The molecule has 0 bridgehead atoms. The fourth-order valence-corrected chi connectivity index (χ4v) is 3.22. The van der Waals surface area contributed by atoms with Crippen LogP contribution in [0.15, 0.2) is 48.5 Å². The van der Waals surface area contributed by atoms with Crippen molar-refractivity contribution in [2.24, 2.45) is 0 Å². The highest BCUT2D eigenvalue weighted by atomic mass is 16.5. The highest BCUT2D eigenvalue weighted by molar-refractivity contribution is 5.87. The number of aromatic carboxylic acids is 1. The Morgan fingerprint density at radius 3 is 2.64 bits per heavy atom. The third-order valence-electron chi connectivity index (χ3n) is 4.41. The minimum absolute atomic E-state index is 0.333. The SMILES string of the molecule is CN(Cc1cccc(C(=O)O)c1)Cc1ccccc1N1CCOCC1. The molecule has 0 unspecified atom stereocenters. The Balaban J connectivity index is 1.70. The lowest BCUT2D eigenvalue weighted by atomic mass is 10.1. The zero-order chi connectivity index (χ0) is 17.6. The standard InChI is InChI=1S/C20H24N2O3/c1-21(14-16-5-4-7-17(13-16)20(23)24)15-18-6-2-3-8-19(18)22-9-11-25-12-10-22/h2-8,13H,9-12,14-15H2,1H3,(H,23,24). The predicted octanol–water partition coefficient (Wildman–Crippen LogP) is 2.85. The Morgan fingerprint density at radius 2 is 1.88 bits per heavy atom. The van der Waals surface area contributed by atoms with Gasteiger partial charge in [-0.2, -0.15) is 0 Å². The van der Waals surface area contributed by atoms with Crippen molar-refractivity contribution in [1.29, 1.82) is 0 Å². The number of nitrogens with zero attached hydrogens (tertiary/aromatic N) is 2. The molecular weight excluding hydrogens is 316 g/mol. The number of carboxylic acids is 1. The van der Waals surface area contributed by atoms with Gasteiger partial charge >= 0.3 is 5.97 Å². The fourth-order valence-electron chi connectivity index (χ4n) is 3.22. The fraction of sp³-hybridized carbons (Fsp3) is 0.350. The molecule has 5 nitrogen and oxygen atoms in total. The van der Waals surface area contributed by atoms with E-state index >= 15 is 0 Å². The van der Waals surface area contributed by atoms with Gasteiger partial charge in [0.05, 0.1) is 18.8 Å². The van der Waals surface area contributed by atoms with Gasteiger partial charge in [-0.3, -0.25) is 4.90 Å². The maximum absolute atomic E-state index is 11.1. The molecular formula is C20H24N2O3. The lowest BCUT2D eigenvalue weighted by Crippen LogP contribution is -2.37. The summed E-state index contributed by atoms with van der Waals surface area (Å²) in [5, 5.41) is 9.13. The van der Waals surface area contributed by atoms with E-state index in [1.165, 1.54) is 11.3 Å². The third kappa shape index (κ3) is 4.59. The van der Waals surface area contributed by atoms with Crippen LogP contribution in [0.1, 0.15) is 21.5 Å². The predicted molar refractivity (Wildman–Crippen MR) is 98.0 cm³/mol. The number of rotatable bonds is 6. The average molecular weight is 340 g/mol. The van der Waals surface area contributed by atoms with Crippen molar-refractivity contribution in [2.45, 2.75) is 13.1 Å². The van der Waals surface area contributed by atoms with E-state index in [4.69, 9.17) is 9.84 Å². The first-order valence-electron chi connectivity index (χ1n) is 8.55. The highest BCUT2D eigenvalue weighted by Gasteiger charge is 2.15. The normalized spacial score (nSPS) is 14.7. The molecule has 0 amide bonds. The van der Waals surface area contributed by atoms with E-state index in [-0.39, 0.29) is 0 Å². The first-order valence-corrected chi connectivity index (χ1v) is 8.55. The Hall–Kier alpha value is -2.37. The number of carbonyl (C=O) groups is 1. The van der Waals surface area contributed by atoms with Crippen LogP contribution in [-0.2, 0) is 17.8 Å².